The van der Waals surface area contributed by atoms with Gasteiger partial charge in [0, 0.05) is 57.9 Å². The monoisotopic (exact) mass is 532 g/mol. The van der Waals surface area contributed by atoms with Crippen molar-refractivity contribution < 1.29 is 14.3 Å². The molecule has 5 rings (SSSR count). The van der Waals surface area contributed by atoms with Gasteiger partial charge in [-0.1, -0.05) is 26.0 Å². The average Bonchev–Trinajstić information content (AvgIpc) is 3.23. The number of hydrogen-bond acceptors (Lipinski definition) is 6. The second kappa shape index (κ2) is 11.4. The lowest BCUT2D eigenvalue weighted by atomic mass is 10.1. The van der Waals surface area contributed by atoms with Crippen LogP contribution in [0.15, 0.2) is 42.6 Å². The van der Waals surface area contributed by atoms with E-state index in [2.05, 4.69) is 42.7 Å². The fourth-order valence-electron chi connectivity index (χ4n) is 5.81. The van der Waals surface area contributed by atoms with Crippen LogP contribution in [-0.4, -0.2) is 82.1 Å². The second-order valence-corrected chi connectivity index (χ2v) is 11.3. The largest absolute Gasteiger partial charge is 0.497 e. The Morgan fingerprint density at radius 2 is 1.79 bits per heavy atom. The van der Waals surface area contributed by atoms with E-state index in [0.717, 1.165) is 60.9 Å². The van der Waals surface area contributed by atoms with Crippen molar-refractivity contribution in [3.05, 3.63) is 59.4 Å². The Labute approximate surface area is 230 Å². The normalized spacial score (nSPS) is 19.5. The number of nitrogens with zero attached hydrogens (tertiary/aromatic N) is 6. The van der Waals surface area contributed by atoms with Crippen molar-refractivity contribution in [2.24, 2.45) is 5.92 Å². The fraction of sp³-hybridized carbons (Fsp3) is 0.500. The van der Waals surface area contributed by atoms with Crippen molar-refractivity contribution >= 4 is 23.1 Å². The van der Waals surface area contributed by atoms with Crippen LogP contribution in [0.4, 0.5) is 10.5 Å². The Morgan fingerprint density at radius 1 is 1.03 bits per heavy atom. The number of carbonyl (C=O) groups excluding carboxylic acids is 2. The number of benzene rings is 1. The zero-order chi connectivity index (χ0) is 27.7. The Balaban J connectivity index is 1.35. The van der Waals surface area contributed by atoms with Crippen molar-refractivity contribution in [3.63, 3.8) is 0 Å². The Hall–Kier alpha value is -3.43. The van der Waals surface area contributed by atoms with Crippen molar-refractivity contribution in [2.45, 2.75) is 53.2 Å². The van der Waals surface area contributed by atoms with Crippen LogP contribution < -0.4 is 9.64 Å². The quantitative estimate of drug-likeness (QED) is 0.434. The molecule has 3 amide bonds. The van der Waals surface area contributed by atoms with Gasteiger partial charge in [0.15, 0.2) is 0 Å². The van der Waals surface area contributed by atoms with E-state index in [0.29, 0.717) is 18.5 Å². The summed E-state index contributed by atoms with van der Waals surface area (Å²) in [6.45, 7) is 14.5. The van der Waals surface area contributed by atoms with Crippen LogP contribution in [0.2, 0.25) is 0 Å². The highest BCUT2D eigenvalue weighted by Crippen LogP contribution is 2.31. The van der Waals surface area contributed by atoms with Crippen LogP contribution in [0, 0.1) is 12.8 Å². The standard InChI is InChI=1S/C30H40N6O3/c1-21(2)17-33-15-14-32(18-22(33)3)19-25-10-13-36-27(16-25)29(23(4)31-36)34-12-11-28(37)35(30(34)38)20-24-6-8-26(39-5)9-7-24/h6-10,13,16,21-22H,11-12,14-15,17-20H2,1-5H3. The van der Waals surface area contributed by atoms with E-state index in [1.165, 1.54) is 10.5 Å². The molecule has 2 aromatic heterocycles. The first-order chi connectivity index (χ1) is 18.7. The van der Waals surface area contributed by atoms with Crippen molar-refractivity contribution in [2.75, 3.05) is 44.7 Å². The Kier molecular flexibility index (Phi) is 7.91. The number of aromatic nitrogens is 2. The summed E-state index contributed by atoms with van der Waals surface area (Å²) in [6, 6.07) is 11.9. The number of imide groups is 1. The number of anilines is 1. The molecule has 0 bridgehead atoms. The molecule has 3 aromatic rings. The Morgan fingerprint density at radius 3 is 2.49 bits per heavy atom. The zero-order valence-electron chi connectivity index (χ0n) is 23.8. The molecule has 2 fully saturated rings. The van der Waals surface area contributed by atoms with Gasteiger partial charge >= 0.3 is 6.03 Å². The van der Waals surface area contributed by atoms with Gasteiger partial charge < -0.3 is 4.74 Å². The van der Waals surface area contributed by atoms with E-state index in [1.54, 1.807) is 12.0 Å². The van der Waals surface area contributed by atoms with E-state index >= 15 is 0 Å². The van der Waals surface area contributed by atoms with Crippen LogP contribution in [0.25, 0.3) is 5.52 Å². The maximum atomic E-state index is 13.7. The first-order valence-corrected chi connectivity index (χ1v) is 13.9. The highest BCUT2D eigenvalue weighted by Gasteiger charge is 2.35. The summed E-state index contributed by atoms with van der Waals surface area (Å²) in [6.07, 6.45) is 2.26. The lowest BCUT2D eigenvalue weighted by Crippen LogP contribution is -2.52. The summed E-state index contributed by atoms with van der Waals surface area (Å²) in [5, 5.41) is 4.69. The molecule has 0 spiro atoms. The Bertz CT molecular complexity index is 1330. The molecule has 4 heterocycles. The van der Waals surface area contributed by atoms with E-state index in [4.69, 9.17) is 9.84 Å². The number of piperazine rings is 1. The van der Waals surface area contributed by atoms with E-state index in [9.17, 15) is 9.59 Å². The van der Waals surface area contributed by atoms with Crippen LogP contribution in [0.5, 0.6) is 5.75 Å². The number of methoxy groups -OCH3 is 1. The molecule has 1 unspecified atom stereocenters. The van der Waals surface area contributed by atoms with Crippen molar-refractivity contribution in [1.29, 1.82) is 0 Å². The first-order valence-electron chi connectivity index (χ1n) is 13.9. The number of aryl methyl sites for hydroxylation is 1. The number of rotatable bonds is 8. The number of amides is 3. The molecule has 0 aliphatic carbocycles. The lowest BCUT2D eigenvalue weighted by Gasteiger charge is -2.40. The molecular weight excluding hydrogens is 492 g/mol. The topological polar surface area (TPSA) is 73.6 Å². The summed E-state index contributed by atoms with van der Waals surface area (Å²) < 4.78 is 7.07. The van der Waals surface area contributed by atoms with Gasteiger partial charge in [0.25, 0.3) is 0 Å². The minimum absolute atomic E-state index is 0.160. The van der Waals surface area contributed by atoms with Crippen LogP contribution in [0.3, 0.4) is 0 Å². The zero-order valence-corrected chi connectivity index (χ0v) is 23.8. The van der Waals surface area contributed by atoms with Crippen molar-refractivity contribution in [3.8, 4) is 5.75 Å². The summed E-state index contributed by atoms with van der Waals surface area (Å²) in [5.74, 6) is 1.25. The van der Waals surface area contributed by atoms with E-state index < -0.39 is 0 Å². The van der Waals surface area contributed by atoms with Gasteiger partial charge in [0.05, 0.1) is 30.6 Å². The third kappa shape index (κ3) is 5.79. The molecule has 1 aromatic carbocycles. The summed E-state index contributed by atoms with van der Waals surface area (Å²) in [5.41, 5.74) is 4.52. The second-order valence-electron chi connectivity index (χ2n) is 11.3. The molecule has 9 nitrogen and oxygen atoms in total. The first kappa shape index (κ1) is 27.1. The van der Waals surface area contributed by atoms with Crippen LogP contribution in [-0.2, 0) is 17.9 Å². The minimum atomic E-state index is -0.305. The summed E-state index contributed by atoms with van der Waals surface area (Å²) in [7, 11) is 1.61. The predicted octanol–water partition coefficient (Wildman–Crippen LogP) is 4.17. The molecule has 208 valence electrons. The maximum Gasteiger partial charge on any atom is 0.331 e. The molecule has 39 heavy (non-hydrogen) atoms. The molecule has 0 radical (unpaired) electrons. The molecule has 2 aliphatic rings. The molecular formula is C30H40N6O3. The number of carbonyl (C=O) groups is 2. The number of urea groups is 1. The smallest absolute Gasteiger partial charge is 0.331 e. The third-order valence-electron chi connectivity index (χ3n) is 7.78. The predicted molar refractivity (Wildman–Crippen MR) is 152 cm³/mol. The molecule has 0 saturated carbocycles. The highest BCUT2D eigenvalue weighted by molar-refractivity contribution is 6.07. The van der Waals surface area contributed by atoms with E-state index in [-0.39, 0.29) is 24.9 Å². The molecule has 9 heteroatoms. The van der Waals surface area contributed by atoms with Gasteiger partial charge in [-0.25, -0.2) is 9.31 Å². The fourth-order valence-corrected chi connectivity index (χ4v) is 5.81. The van der Waals surface area contributed by atoms with Gasteiger partial charge in [0.1, 0.15) is 5.75 Å². The maximum absolute atomic E-state index is 13.7. The molecule has 0 N–H and O–H groups in total. The highest BCUT2D eigenvalue weighted by atomic mass is 16.5. The third-order valence-corrected chi connectivity index (χ3v) is 7.78. The molecule has 2 saturated heterocycles. The molecule has 2 aliphatic heterocycles. The number of pyridine rings is 1. The minimum Gasteiger partial charge on any atom is -0.497 e. The lowest BCUT2D eigenvalue weighted by molar-refractivity contribution is -0.129. The number of ether oxygens (including phenoxy) is 1. The van der Waals surface area contributed by atoms with Gasteiger partial charge in [-0.3, -0.25) is 24.4 Å². The summed E-state index contributed by atoms with van der Waals surface area (Å²) >= 11 is 0. The number of hydrogen-bond donors (Lipinski definition) is 0. The molecule has 1 atom stereocenters. The van der Waals surface area contributed by atoms with E-state index in [1.807, 2.05) is 41.9 Å². The van der Waals surface area contributed by atoms with Gasteiger partial charge in [-0.05, 0) is 55.2 Å². The van der Waals surface area contributed by atoms with Crippen molar-refractivity contribution in [1.82, 2.24) is 24.3 Å². The van der Waals surface area contributed by atoms with Crippen LogP contribution in [0.1, 0.15) is 44.0 Å². The van der Waals surface area contributed by atoms with Gasteiger partial charge in [-0.15, -0.1) is 0 Å². The van der Waals surface area contributed by atoms with Gasteiger partial charge in [0.2, 0.25) is 5.91 Å². The van der Waals surface area contributed by atoms with Crippen LogP contribution >= 0.6 is 0 Å². The van der Waals surface area contributed by atoms with Gasteiger partial charge in [-0.2, -0.15) is 5.10 Å². The summed E-state index contributed by atoms with van der Waals surface area (Å²) in [4.78, 5) is 34.6. The number of fused-ring (bicyclic) bond motifs is 1. The SMILES string of the molecule is COc1ccc(CN2C(=O)CCN(c3c(C)nn4ccc(CN5CCN(CC(C)C)C(C)C5)cc34)C2=O)cc1. The average molecular weight is 533 g/mol.